The Bertz CT molecular complexity index is 563. The Morgan fingerprint density at radius 1 is 1.05 bits per heavy atom. The van der Waals surface area contributed by atoms with Gasteiger partial charge in [-0.2, -0.15) is 0 Å². The van der Waals surface area contributed by atoms with Crippen molar-refractivity contribution in [1.29, 1.82) is 0 Å². The summed E-state index contributed by atoms with van der Waals surface area (Å²) in [5, 5.41) is 0. The van der Waals surface area contributed by atoms with E-state index in [0.717, 1.165) is 6.42 Å². The van der Waals surface area contributed by atoms with Crippen molar-refractivity contribution in [2.75, 3.05) is 0 Å². The van der Waals surface area contributed by atoms with E-state index in [1.54, 1.807) is 0 Å². The Morgan fingerprint density at radius 3 is 2.43 bits per heavy atom. The van der Waals surface area contributed by atoms with Crippen LogP contribution in [0.3, 0.4) is 0 Å². The van der Waals surface area contributed by atoms with Gasteiger partial charge in [-0.25, -0.2) is 0 Å². The Labute approximate surface area is 129 Å². The Balaban J connectivity index is 0.00000106. The van der Waals surface area contributed by atoms with Crippen molar-refractivity contribution in [3.8, 4) is 0 Å². The molecule has 0 heterocycles. The quantitative estimate of drug-likeness (QED) is 0.553. The largest absolute Gasteiger partial charge is 0.0807 e. The van der Waals surface area contributed by atoms with Gasteiger partial charge in [0.15, 0.2) is 0 Å². The molecule has 0 radical (unpaired) electrons. The van der Waals surface area contributed by atoms with Gasteiger partial charge in [0.05, 0.1) is 0 Å². The van der Waals surface area contributed by atoms with Crippen molar-refractivity contribution in [3.63, 3.8) is 0 Å². The molecule has 21 heavy (non-hydrogen) atoms. The smallest absolute Gasteiger partial charge is 0.0157 e. The summed E-state index contributed by atoms with van der Waals surface area (Å²) in [5.41, 5.74) is 5.14. The number of hydrogen-bond donors (Lipinski definition) is 0. The molecule has 0 bridgehead atoms. The minimum absolute atomic E-state index is 0.998. The van der Waals surface area contributed by atoms with Crippen LogP contribution in [0, 0.1) is 0 Å². The molecule has 0 amide bonds. The zero-order valence-electron chi connectivity index (χ0n) is 13.6. The highest BCUT2D eigenvalue weighted by Crippen LogP contribution is 2.22. The fourth-order valence-corrected chi connectivity index (χ4v) is 2.14. The fraction of sp³-hybridized carbons (Fsp3) is 0.238. The number of rotatable bonds is 3. The second kappa shape index (κ2) is 9.77. The molecular weight excluding hydrogens is 252 g/mol. The van der Waals surface area contributed by atoms with E-state index >= 15 is 0 Å². The van der Waals surface area contributed by atoms with Gasteiger partial charge in [-0.05, 0) is 42.6 Å². The third kappa shape index (κ3) is 5.43. The third-order valence-electron chi connectivity index (χ3n) is 3.24. The average molecular weight is 278 g/mol. The summed E-state index contributed by atoms with van der Waals surface area (Å²) in [6, 6.07) is 10.5. The van der Waals surface area contributed by atoms with Gasteiger partial charge >= 0.3 is 0 Å². The first kappa shape index (κ1) is 17.0. The maximum absolute atomic E-state index is 2.27. The fourth-order valence-electron chi connectivity index (χ4n) is 2.14. The average Bonchev–Trinajstić information content (AvgIpc) is 2.84. The highest BCUT2D eigenvalue weighted by atomic mass is 14.1. The first-order valence-corrected chi connectivity index (χ1v) is 7.75. The van der Waals surface area contributed by atoms with Gasteiger partial charge < -0.3 is 0 Å². The van der Waals surface area contributed by atoms with E-state index in [2.05, 4.69) is 86.7 Å². The van der Waals surface area contributed by atoms with Crippen LogP contribution in [0.2, 0.25) is 0 Å². The van der Waals surface area contributed by atoms with Crippen molar-refractivity contribution >= 4 is 5.57 Å². The molecule has 0 saturated heterocycles. The molecule has 110 valence electrons. The number of allylic oxidation sites excluding steroid dienone is 10. The molecule has 1 aliphatic carbocycles. The molecule has 0 aromatic heterocycles. The highest BCUT2D eigenvalue weighted by molar-refractivity contribution is 5.69. The molecular formula is C21H26. The lowest BCUT2D eigenvalue weighted by Crippen LogP contribution is -1.86. The van der Waals surface area contributed by atoms with E-state index in [9.17, 15) is 0 Å². The Morgan fingerprint density at radius 2 is 1.76 bits per heavy atom. The molecule has 0 fully saturated rings. The highest BCUT2D eigenvalue weighted by Gasteiger charge is 2.01. The van der Waals surface area contributed by atoms with Gasteiger partial charge in [-0.15, -0.1) is 0 Å². The van der Waals surface area contributed by atoms with Crippen LogP contribution >= 0.6 is 0 Å². The van der Waals surface area contributed by atoms with Gasteiger partial charge in [0.2, 0.25) is 0 Å². The summed E-state index contributed by atoms with van der Waals surface area (Å²) in [7, 11) is 0. The molecule has 0 spiro atoms. The lowest BCUT2D eigenvalue weighted by Gasteiger charge is -2.06. The van der Waals surface area contributed by atoms with E-state index in [1.165, 1.54) is 22.3 Å². The zero-order valence-corrected chi connectivity index (χ0v) is 13.6. The van der Waals surface area contributed by atoms with Gasteiger partial charge in [-0.3, -0.25) is 0 Å². The minimum atomic E-state index is 0.998. The molecule has 0 unspecified atom stereocenters. The first-order chi connectivity index (χ1) is 10.3. The first-order valence-electron chi connectivity index (χ1n) is 7.75. The standard InChI is InChI=1S/C19H20.C2H6/c1-3-17(19-13-7-4-5-8-14-19)15-16(2)18-11-9-6-10-12-18;1-2/h3-7,9-15H,8H2,1-2H3;1-2H3/b16-15+,17-3+;. The van der Waals surface area contributed by atoms with Crippen LogP contribution < -0.4 is 0 Å². The van der Waals surface area contributed by atoms with E-state index in [-0.39, 0.29) is 0 Å². The molecule has 1 aromatic carbocycles. The van der Waals surface area contributed by atoms with Crippen LogP contribution in [0.1, 0.15) is 39.7 Å². The maximum Gasteiger partial charge on any atom is -0.0157 e. The van der Waals surface area contributed by atoms with Gasteiger partial charge in [-0.1, -0.05) is 86.7 Å². The molecule has 1 aromatic rings. The maximum atomic E-state index is 2.27. The second-order valence-corrected chi connectivity index (χ2v) is 4.62. The van der Waals surface area contributed by atoms with Gasteiger partial charge in [0.1, 0.15) is 0 Å². The predicted molar refractivity (Wildman–Crippen MR) is 96.2 cm³/mol. The summed E-state index contributed by atoms with van der Waals surface area (Å²) in [4.78, 5) is 0. The van der Waals surface area contributed by atoms with Crippen molar-refractivity contribution in [3.05, 3.63) is 89.6 Å². The second-order valence-electron chi connectivity index (χ2n) is 4.62. The van der Waals surface area contributed by atoms with Crippen molar-refractivity contribution in [1.82, 2.24) is 0 Å². The SMILES string of the molecule is C/C=C(\C=C(/C)c1ccccc1)C1=CCC=CC=C1.CC. The monoisotopic (exact) mass is 278 g/mol. The van der Waals surface area contributed by atoms with Gasteiger partial charge in [0.25, 0.3) is 0 Å². The van der Waals surface area contributed by atoms with E-state index < -0.39 is 0 Å². The zero-order chi connectivity index (χ0) is 15.5. The molecule has 0 N–H and O–H groups in total. The summed E-state index contributed by atoms with van der Waals surface area (Å²) in [5.74, 6) is 0. The van der Waals surface area contributed by atoms with E-state index in [1.807, 2.05) is 13.8 Å². The minimum Gasteiger partial charge on any atom is -0.0807 e. The van der Waals surface area contributed by atoms with Crippen LogP contribution in [0.5, 0.6) is 0 Å². The Kier molecular flexibility index (Phi) is 7.89. The number of hydrogen-bond acceptors (Lipinski definition) is 0. The van der Waals surface area contributed by atoms with Crippen LogP contribution in [0.4, 0.5) is 0 Å². The summed E-state index contributed by atoms with van der Waals surface area (Å²) in [6.45, 7) is 8.26. The van der Waals surface area contributed by atoms with Crippen molar-refractivity contribution in [2.24, 2.45) is 0 Å². The molecule has 0 saturated carbocycles. The number of benzene rings is 1. The van der Waals surface area contributed by atoms with Crippen LogP contribution in [-0.2, 0) is 0 Å². The van der Waals surface area contributed by atoms with Crippen LogP contribution in [0.25, 0.3) is 5.57 Å². The normalized spacial score (nSPS) is 15.0. The van der Waals surface area contributed by atoms with E-state index in [4.69, 9.17) is 0 Å². The predicted octanol–water partition coefficient (Wildman–Crippen LogP) is 6.50. The summed E-state index contributed by atoms with van der Waals surface area (Å²) < 4.78 is 0. The molecule has 1 aliphatic rings. The van der Waals surface area contributed by atoms with Crippen molar-refractivity contribution < 1.29 is 0 Å². The lowest BCUT2D eigenvalue weighted by atomic mass is 9.99. The molecule has 0 aliphatic heterocycles. The lowest BCUT2D eigenvalue weighted by molar-refractivity contribution is 1.35. The molecule has 0 nitrogen and oxygen atoms in total. The van der Waals surface area contributed by atoms with Crippen LogP contribution in [-0.4, -0.2) is 0 Å². The molecule has 2 rings (SSSR count). The summed E-state index contributed by atoms with van der Waals surface area (Å²) in [6.07, 6.45) is 16.3. The third-order valence-corrected chi connectivity index (χ3v) is 3.24. The topological polar surface area (TPSA) is 0 Å². The molecule has 0 atom stereocenters. The summed E-state index contributed by atoms with van der Waals surface area (Å²) >= 11 is 0. The van der Waals surface area contributed by atoms with Gasteiger partial charge in [0, 0.05) is 0 Å². The van der Waals surface area contributed by atoms with Crippen LogP contribution in [0.15, 0.2) is 84.0 Å². The van der Waals surface area contributed by atoms with Crippen molar-refractivity contribution in [2.45, 2.75) is 34.1 Å². The Hall–Kier alpha value is -2.08. The van der Waals surface area contributed by atoms with E-state index in [0.29, 0.717) is 0 Å². The molecule has 0 heteroatoms.